The van der Waals surface area contributed by atoms with Crippen molar-refractivity contribution in [3.05, 3.63) is 0 Å². The molecule has 4 aliphatic rings. The molecule has 0 aromatic carbocycles. The van der Waals surface area contributed by atoms with Gasteiger partial charge < -0.3 is 10.4 Å². The van der Waals surface area contributed by atoms with E-state index in [0.29, 0.717) is 17.8 Å². The van der Waals surface area contributed by atoms with Crippen molar-refractivity contribution in [2.24, 2.45) is 23.2 Å². The largest absolute Gasteiger partial charge is 0.474 e. The molecule has 0 heterocycles. The molecule has 4 bridgehead atoms. The van der Waals surface area contributed by atoms with Gasteiger partial charge in [0.15, 0.2) is 5.78 Å². The minimum atomic E-state index is -1.53. The van der Waals surface area contributed by atoms with Crippen LogP contribution in [0.4, 0.5) is 0 Å². The highest BCUT2D eigenvalue weighted by molar-refractivity contribution is 6.31. The number of aliphatic carboxylic acids is 1. The number of Topliss-reactive ketones (excluding diaryl/α,β-unsaturated/α-hetero) is 1. The molecule has 2 N–H and O–H groups in total. The van der Waals surface area contributed by atoms with Gasteiger partial charge in [-0.25, -0.2) is 4.79 Å². The summed E-state index contributed by atoms with van der Waals surface area (Å²) in [4.78, 5) is 33.9. The number of ketones is 1. The zero-order valence-electron chi connectivity index (χ0n) is 10.9. The number of carbonyl (C=O) groups is 3. The molecule has 0 radical (unpaired) electrons. The third kappa shape index (κ3) is 2.15. The number of carbonyl (C=O) groups excluding carboxylic acids is 2. The maximum Gasteiger partial charge on any atom is 0.394 e. The molecule has 0 aliphatic heterocycles. The number of rotatable bonds is 3. The molecule has 104 valence electrons. The smallest absolute Gasteiger partial charge is 0.394 e. The molecular weight excluding hydrogens is 246 g/mol. The van der Waals surface area contributed by atoms with Crippen molar-refractivity contribution < 1.29 is 19.5 Å². The Bertz CT molecular complexity index is 407. The lowest BCUT2D eigenvalue weighted by Crippen LogP contribution is -2.52. The Balaban J connectivity index is 1.66. The van der Waals surface area contributed by atoms with Crippen molar-refractivity contribution in [2.45, 2.75) is 38.5 Å². The van der Waals surface area contributed by atoms with E-state index in [1.165, 1.54) is 19.3 Å². The molecule has 5 heteroatoms. The van der Waals surface area contributed by atoms with Crippen molar-refractivity contribution in [1.29, 1.82) is 0 Å². The fourth-order valence-electron chi connectivity index (χ4n) is 4.88. The average molecular weight is 265 g/mol. The second kappa shape index (κ2) is 4.32. The van der Waals surface area contributed by atoms with Crippen LogP contribution in [-0.4, -0.2) is 29.3 Å². The van der Waals surface area contributed by atoms with E-state index in [0.717, 1.165) is 19.3 Å². The molecule has 0 aromatic heterocycles. The second-order valence-corrected chi connectivity index (χ2v) is 6.61. The fraction of sp³-hybridized carbons (Fsp3) is 0.786. The molecule has 0 spiro atoms. The van der Waals surface area contributed by atoms with Gasteiger partial charge in [-0.2, -0.15) is 0 Å². The lowest BCUT2D eigenvalue weighted by molar-refractivity contribution is -0.151. The number of amides is 1. The van der Waals surface area contributed by atoms with Gasteiger partial charge in [0, 0.05) is 5.41 Å². The van der Waals surface area contributed by atoms with Crippen LogP contribution in [-0.2, 0) is 14.4 Å². The average Bonchev–Trinajstić information content (AvgIpc) is 2.33. The zero-order valence-corrected chi connectivity index (χ0v) is 10.9. The molecule has 4 rings (SSSR count). The molecule has 4 fully saturated rings. The first-order valence-electron chi connectivity index (χ1n) is 7.03. The van der Waals surface area contributed by atoms with Crippen LogP contribution in [0.15, 0.2) is 0 Å². The van der Waals surface area contributed by atoms with Crippen molar-refractivity contribution in [3.63, 3.8) is 0 Å². The number of carboxylic acids is 1. The zero-order chi connectivity index (χ0) is 13.6. The lowest BCUT2D eigenvalue weighted by atomic mass is 9.48. The summed E-state index contributed by atoms with van der Waals surface area (Å²) in [7, 11) is 0. The molecule has 0 saturated heterocycles. The van der Waals surface area contributed by atoms with Crippen molar-refractivity contribution >= 4 is 17.7 Å². The number of hydrogen-bond donors (Lipinski definition) is 2. The van der Waals surface area contributed by atoms with E-state index in [-0.39, 0.29) is 17.7 Å². The quantitative estimate of drug-likeness (QED) is 0.745. The first kappa shape index (κ1) is 12.6. The summed E-state index contributed by atoms with van der Waals surface area (Å²) in [5.74, 6) is -0.557. The van der Waals surface area contributed by atoms with Gasteiger partial charge in [-0.1, -0.05) is 0 Å². The first-order valence-corrected chi connectivity index (χ1v) is 7.03. The summed E-state index contributed by atoms with van der Waals surface area (Å²) in [5.41, 5.74) is -0.263. The Labute approximate surface area is 111 Å². The SMILES string of the molecule is O=C(O)C(=O)NCC(=O)C12CC3CC(CC(C3)C1)C2. The summed E-state index contributed by atoms with van der Waals surface area (Å²) >= 11 is 0. The molecule has 0 unspecified atom stereocenters. The van der Waals surface area contributed by atoms with E-state index in [9.17, 15) is 14.4 Å². The molecular formula is C14H19NO4. The highest BCUT2D eigenvalue weighted by Gasteiger charge is 2.54. The Morgan fingerprint density at radius 1 is 1.00 bits per heavy atom. The van der Waals surface area contributed by atoms with Crippen LogP contribution in [0.5, 0.6) is 0 Å². The van der Waals surface area contributed by atoms with Crippen LogP contribution in [0, 0.1) is 23.2 Å². The first-order chi connectivity index (χ1) is 8.98. The predicted molar refractivity (Wildman–Crippen MR) is 66.3 cm³/mol. The van der Waals surface area contributed by atoms with E-state index in [4.69, 9.17) is 5.11 Å². The van der Waals surface area contributed by atoms with E-state index >= 15 is 0 Å². The molecule has 1 amide bonds. The Morgan fingerprint density at radius 2 is 1.47 bits per heavy atom. The summed E-state index contributed by atoms with van der Waals surface area (Å²) in [6.45, 7) is -0.128. The topological polar surface area (TPSA) is 83.5 Å². The summed E-state index contributed by atoms with van der Waals surface area (Å²) < 4.78 is 0. The number of carboxylic acid groups (broad SMARTS) is 1. The molecule has 19 heavy (non-hydrogen) atoms. The lowest BCUT2D eigenvalue weighted by Gasteiger charge is -2.55. The third-order valence-electron chi connectivity index (χ3n) is 5.23. The maximum absolute atomic E-state index is 12.4. The second-order valence-electron chi connectivity index (χ2n) is 6.61. The van der Waals surface area contributed by atoms with Gasteiger partial charge in [0.1, 0.15) is 0 Å². The predicted octanol–water partition coefficient (Wildman–Crippen LogP) is 0.973. The number of nitrogens with one attached hydrogen (secondary N) is 1. The summed E-state index contributed by atoms with van der Waals surface area (Å²) in [5, 5.41) is 10.7. The van der Waals surface area contributed by atoms with Gasteiger partial charge in [-0.05, 0) is 56.3 Å². The van der Waals surface area contributed by atoms with Crippen LogP contribution in [0.2, 0.25) is 0 Å². The van der Waals surface area contributed by atoms with E-state index in [1.54, 1.807) is 0 Å². The monoisotopic (exact) mass is 265 g/mol. The minimum absolute atomic E-state index is 0.0428. The highest BCUT2D eigenvalue weighted by atomic mass is 16.4. The summed E-state index contributed by atoms with van der Waals surface area (Å²) in [6.07, 6.45) is 6.61. The van der Waals surface area contributed by atoms with Gasteiger partial charge in [-0.3, -0.25) is 9.59 Å². The summed E-state index contributed by atoms with van der Waals surface area (Å²) in [6, 6.07) is 0. The molecule has 4 aliphatic carbocycles. The van der Waals surface area contributed by atoms with E-state index in [2.05, 4.69) is 5.32 Å². The van der Waals surface area contributed by atoms with Crippen LogP contribution in [0.1, 0.15) is 38.5 Å². The molecule has 5 nitrogen and oxygen atoms in total. The molecule has 4 saturated carbocycles. The maximum atomic E-state index is 12.4. The van der Waals surface area contributed by atoms with Crippen molar-refractivity contribution in [1.82, 2.24) is 5.32 Å². The van der Waals surface area contributed by atoms with Gasteiger partial charge in [0.25, 0.3) is 0 Å². The number of hydrogen-bond acceptors (Lipinski definition) is 3. The van der Waals surface area contributed by atoms with Gasteiger partial charge in [-0.15, -0.1) is 0 Å². The third-order valence-corrected chi connectivity index (χ3v) is 5.23. The van der Waals surface area contributed by atoms with Crippen molar-refractivity contribution in [3.8, 4) is 0 Å². The van der Waals surface area contributed by atoms with Crippen LogP contribution in [0.25, 0.3) is 0 Å². The Morgan fingerprint density at radius 3 is 1.89 bits per heavy atom. The Kier molecular flexibility index (Phi) is 2.87. The van der Waals surface area contributed by atoms with Crippen LogP contribution in [0.3, 0.4) is 0 Å². The minimum Gasteiger partial charge on any atom is -0.474 e. The van der Waals surface area contributed by atoms with Gasteiger partial charge in [0.2, 0.25) is 0 Å². The Hall–Kier alpha value is -1.39. The molecule has 0 atom stereocenters. The fourth-order valence-corrected chi connectivity index (χ4v) is 4.88. The van der Waals surface area contributed by atoms with Gasteiger partial charge >= 0.3 is 11.9 Å². The van der Waals surface area contributed by atoms with E-state index in [1.807, 2.05) is 0 Å². The van der Waals surface area contributed by atoms with Crippen LogP contribution < -0.4 is 5.32 Å². The molecule has 0 aromatic rings. The highest BCUT2D eigenvalue weighted by Crippen LogP contribution is 2.60. The standard InChI is InChI=1S/C14H19NO4/c16-11(7-15-12(17)13(18)19)14-4-8-1-9(5-14)3-10(2-8)6-14/h8-10H,1-7H2,(H,15,17)(H,18,19). The van der Waals surface area contributed by atoms with Gasteiger partial charge in [0.05, 0.1) is 6.54 Å². The van der Waals surface area contributed by atoms with Crippen LogP contribution >= 0.6 is 0 Å². The van der Waals surface area contributed by atoms with Crippen molar-refractivity contribution in [2.75, 3.05) is 6.54 Å². The normalized spacial score (nSPS) is 39.1. The van der Waals surface area contributed by atoms with E-state index < -0.39 is 11.9 Å².